The van der Waals surface area contributed by atoms with Crippen molar-refractivity contribution in [2.24, 2.45) is 5.92 Å². The van der Waals surface area contributed by atoms with Gasteiger partial charge in [0, 0.05) is 36.7 Å². The van der Waals surface area contributed by atoms with Crippen LogP contribution in [0.3, 0.4) is 0 Å². The minimum Gasteiger partial charge on any atom is -0.492 e. The van der Waals surface area contributed by atoms with Gasteiger partial charge in [-0.25, -0.2) is 4.98 Å². The molecule has 7 heteroatoms. The van der Waals surface area contributed by atoms with Gasteiger partial charge in [0.05, 0.1) is 24.5 Å². The minimum atomic E-state index is -0.412. The summed E-state index contributed by atoms with van der Waals surface area (Å²) in [6.45, 7) is 2.75. The Hall–Kier alpha value is -3.61. The van der Waals surface area contributed by atoms with Crippen molar-refractivity contribution in [3.05, 3.63) is 67.3 Å². The summed E-state index contributed by atoms with van der Waals surface area (Å²) < 4.78 is 7.51. The van der Waals surface area contributed by atoms with E-state index in [0.717, 1.165) is 5.69 Å². The number of ether oxygens (including phenoxy) is 1. The molecule has 148 valence electrons. The summed E-state index contributed by atoms with van der Waals surface area (Å²) in [5.74, 6) is 0.00267. The van der Waals surface area contributed by atoms with Crippen LogP contribution in [0.15, 0.2) is 67.3 Å². The number of para-hydroxylation sites is 2. The molecule has 0 saturated carbocycles. The molecule has 4 rings (SSSR count). The molecule has 1 fully saturated rings. The normalized spacial score (nSPS) is 16.1. The van der Waals surface area contributed by atoms with Crippen LogP contribution < -0.4 is 15.0 Å². The van der Waals surface area contributed by atoms with Crippen molar-refractivity contribution in [2.45, 2.75) is 13.3 Å². The largest absolute Gasteiger partial charge is 0.492 e. The Morgan fingerprint density at radius 2 is 2.00 bits per heavy atom. The zero-order valence-electron chi connectivity index (χ0n) is 16.1. The van der Waals surface area contributed by atoms with Crippen molar-refractivity contribution < 1.29 is 14.3 Å². The lowest BCUT2D eigenvalue weighted by Gasteiger charge is -2.20. The molecule has 2 aromatic carbocycles. The van der Waals surface area contributed by atoms with Gasteiger partial charge in [0.15, 0.2) is 0 Å². The lowest BCUT2D eigenvalue weighted by atomic mass is 10.1. The first-order valence-electron chi connectivity index (χ1n) is 9.57. The fourth-order valence-electron chi connectivity index (χ4n) is 3.45. The van der Waals surface area contributed by atoms with E-state index in [0.29, 0.717) is 30.3 Å². The van der Waals surface area contributed by atoms with Crippen molar-refractivity contribution in [1.29, 1.82) is 0 Å². The SMILES string of the molecule is CCOc1ccccc1N1CC(C(=O)Nc2ccc(-n3ccnc3)cc2)CC1=O. The third-order valence-electron chi connectivity index (χ3n) is 4.89. The van der Waals surface area contributed by atoms with Crippen LogP contribution in [0.25, 0.3) is 5.69 Å². The first-order valence-corrected chi connectivity index (χ1v) is 9.57. The maximum atomic E-state index is 12.7. The number of rotatable bonds is 6. The van der Waals surface area contributed by atoms with Crippen LogP contribution in [0.1, 0.15) is 13.3 Å². The van der Waals surface area contributed by atoms with Gasteiger partial charge >= 0.3 is 0 Å². The van der Waals surface area contributed by atoms with Crippen LogP contribution in [0.5, 0.6) is 5.75 Å². The second-order valence-corrected chi connectivity index (χ2v) is 6.81. The molecule has 1 N–H and O–H groups in total. The maximum Gasteiger partial charge on any atom is 0.229 e. The molecular formula is C22H22N4O3. The van der Waals surface area contributed by atoms with Gasteiger partial charge in [-0.3, -0.25) is 9.59 Å². The van der Waals surface area contributed by atoms with E-state index in [4.69, 9.17) is 4.74 Å². The molecule has 0 aliphatic carbocycles. The van der Waals surface area contributed by atoms with E-state index in [1.807, 2.05) is 66.2 Å². The highest BCUT2D eigenvalue weighted by Gasteiger charge is 2.36. The van der Waals surface area contributed by atoms with Gasteiger partial charge in [-0.15, -0.1) is 0 Å². The molecule has 1 atom stereocenters. The molecule has 29 heavy (non-hydrogen) atoms. The van der Waals surface area contributed by atoms with E-state index < -0.39 is 5.92 Å². The Balaban J connectivity index is 1.43. The lowest BCUT2D eigenvalue weighted by molar-refractivity contribution is -0.122. The number of carbonyl (C=O) groups excluding carboxylic acids is 2. The first-order chi connectivity index (χ1) is 14.2. The first kappa shape index (κ1) is 18.7. The predicted octanol–water partition coefficient (Wildman–Crippen LogP) is 3.26. The predicted molar refractivity (Wildman–Crippen MR) is 110 cm³/mol. The lowest BCUT2D eigenvalue weighted by Crippen LogP contribution is -2.28. The Bertz CT molecular complexity index is 999. The van der Waals surface area contributed by atoms with E-state index in [-0.39, 0.29) is 18.2 Å². The topological polar surface area (TPSA) is 76.5 Å². The van der Waals surface area contributed by atoms with E-state index in [9.17, 15) is 9.59 Å². The summed E-state index contributed by atoms with van der Waals surface area (Å²) in [5, 5.41) is 2.91. The number of nitrogens with one attached hydrogen (secondary N) is 1. The average Bonchev–Trinajstić information content (AvgIpc) is 3.39. The highest BCUT2D eigenvalue weighted by Crippen LogP contribution is 2.33. The van der Waals surface area contributed by atoms with Gasteiger partial charge in [0.1, 0.15) is 5.75 Å². The molecular weight excluding hydrogens is 368 g/mol. The smallest absolute Gasteiger partial charge is 0.229 e. The van der Waals surface area contributed by atoms with Crippen LogP contribution in [-0.4, -0.2) is 34.5 Å². The Kier molecular flexibility index (Phi) is 5.29. The van der Waals surface area contributed by atoms with E-state index in [2.05, 4.69) is 10.3 Å². The molecule has 0 spiro atoms. The number of nitrogens with zero attached hydrogens (tertiary/aromatic N) is 3. The Labute approximate surface area is 168 Å². The zero-order valence-corrected chi connectivity index (χ0v) is 16.1. The third-order valence-corrected chi connectivity index (χ3v) is 4.89. The molecule has 1 aliphatic heterocycles. The molecule has 2 heterocycles. The number of aromatic nitrogens is 2. The molecule has 1 aliphatic rings. The van der Waals surface area contributed by atoms with Crippen LogP contribution >= 0.6 is 0 Å². The minimum absolute atomic E-state index is 0.0761. The van der Waals surface area contributed by atoms with Gasteiger partial charge in [-0.1, -0.05) is 12.1 Å². The summed E-state index contributed by atoms with van der Waals surface area (Å²) in [6, 6.07) is 14.9. The molecule has 1 unspecified atom stereocenters. The number of anilines is 2. The molecule has 0 bridgehead atoms. The van der Waals surface area contributed by atoms with E-state index in [1.54, 1.807) is 17.4 Å². The fourth-order valence-corrected chi connectivity index (χ4v) is 3.45. The van der Waals surface area contributed by atoms with Crippen molar-refractivity contribution in [3.8, 4) is 11.4 Å². The Morgan fingerprint density at radius 3 is 2.72 bits per heavy atom. The maximum absolute atomic E-state index is 12.7. The van der Waals surface area contributed by atoms with Gasteiger partial charge in [0.25, 0.3) is 0 Å². The summed E-state index contributed by atoms with van der Waals surface area (Å²) in [4.78, 5) is 30.9. The summed E-state index contributed by atoms with van der Waals surface area (Å²) in [5.41, 5.74) is 2.36. The quantitative estimate of drug-likeness (QED) is 0.701. The van der Waals surface area contributed by atoms with Gasteiger partial charge in [0.2, 0.25) is 11.8 Å². The van der Waals surface area contributed by atoms with Crippen molar-refractivity contribution in [2.75, 3.05) is 23.4 Å². The van der Waals surface area contributed by atoms with Crippen LogP contribution in [0.2, 0.25) is 0 Å². The Morgan fingerprint density at radius 1 is 1.21 bits per heavy atom. The van der Waals surface area contributed by atoms with E-state index in [1.165, 1.54) is 0 Å². The second-order valence-electron chi connectivity index (χ2n) is 6.81. The number of imidazole rings is 1. The highest BCUT2D eigenvalue weighted by atomic mass is 16.5. The van der Waals surface area contributed by atoms with Gasteiger partial charge in [-0.05, 0) is 43.3 Å². The number of carbonyl (C=O) groups is 2. The number of hydrogen-bond donors (Lipinski definition) is 1. The summed E-state index contributed by atoms with van der Waals surface area (Å²) >= 11 is 0. The van der Waals surface area contributed by atoms with Crippen LogP contribution in [0.4, 0.5) is 11.4 Å². The molecule has 2 amide bonds. The highest BCUT2D eigenvalue weighted by molar-refractivity contribution is 6.04. The summed E-state index contributed by atoms with van der Waals surface area (Å²) in [7, 11) is 0. The van der Waals surface area contributed by atoms with Crippen molar-refractivity contribution in [3.63, 3.8) is 0 Å². The molecule has 1 saturated heterocycles. The third kappa shape index (κ3) is 3.99. The second kappa shape index (κ2) is 8.18. The average molecular weight is 390 g/mol. The van der Waals surface area contributed by atoms with Crippen LogP contribution in [0, 0.1) is 5.92 Å². The number of hydrogen-bond acceptors (Lipinski definition) is 4. The van der Waals surface area contributed by atoms with Crippen molar-refractivity contribution in [1.82, 2.24) is 9.55 Å². The standard InChI is InChI=1S/C22H22N4O3/c1-2-29-20-6-4-3-5-19(20)26-14-16(13-21(26)27)22(28)24-17-7-9-18(10-8-17)25-12-11-23-15-25/h3-12,15-16H,2,13-14H2,1H3,(H,24,28). The molecule has 7 nitrogen and oxygen atoms in total. The zero-order chi connectivity index (χ0) is 20.2. The number of amides is 2. The molecule has 3 aromatic rings. The molecule has 1 aromatic heterocycles. The van der Waals surface area contributed by atoms with Crippen LogP contribution in [-0.2, 0) is 9.59 Å². The molecule has 0 radical (unpaired) electrons. The summed E-state index contributed by atoms with van der Waals surface area (Å²) in [6.07, 6.45) is 5.46. The van der Waals surface area contributed by atoms with Gasteiger partial charge < -0.3 is 19.5 Å². The van der Waals surface area contributed by atoms with E-state index >= 15 is 0 Å². The number of benzene rings is 2. The fraction of sp³-hybridized carbons (Fsp3) is 0.227. The monoisotopic (exact) mass is 390 g/mol. The van der Waals surface area contributed by atoms with Crippen molar-refractivity contribution >= 4 is 23.2 Å². The van der Waals surface area contributed by atoms with Gasteiger partial charge in [-0.2, -0.15) is 0 Å².